The Morgan fingerprint density at radius 2 is 1.82 bits per heavy atom. The molecule has 10 heteroatoms. The largest absolute Gasteiger partial charge is 0.382 e. The van der Waals surface area contributed by atoms with Gasteiger partial charge in [-0.15, -0.1) is 0 Å². The number of anilines is 1. The highest BCUT2D eigenvalue weighted by atomic mass is 32.2. The maximum absolute atomic E-state index is 13.0. The van der Waals surface area contributed by atoms with Crippen LogP contribution >= 0.6 is 0 Å². The molecule has 0 aliphatic carbocycles. The number of nitrogens with one attached hydrogen (secondary N) is 1. The number of hydrogen-bond acceptors (Lipinski definition) is 6. The zero-order valence-corrected chi connectivity index (χ0v) is 17.7. The van der Waals surface area contributed by atoms with Gasteiger partial charge in [0.1, 0.15) is 5.39 Å². The number of nitrogen functional groups attached to an aromatic ring is 1. The molecule has 3 heterocycles. The van der Waals surface area contributed by atoms with E-state index in [0.717, 1.165) is 0 Å². The van der Waals surface area contributed by atoms with Crippen molar-refractivity contribution in [3.8, 4) is 11.3 Å². The Labute approximate surface area is 163 Å². The molecule has 0 aliphatic heterocycles. The number of nitrogens with zero attached hydrogens (tertiary/aromatic N) is 4. The van der Waals surface area contributed by atoms with Crippen LogP contribution in [-0.2, 0) is 16.9 Å². The molecular weight excluding hydrogens is 380 g/mol. The minimum Gasteiger partial charge on any atom is -0.382 e. The lowest BCUT2D eigenvalue weighted by molar-refractivity contribution is 0.400. The molecule has 0 amide bonds. The van der Waals surface area contributed by atoms with Gasteiger partial charge in [-0.25, -0.2) is 8.42 Å². The van der Waals surface area contributed by atoms with E-state index in [1.165, 1.54) is 10.7 Å². The van der Waals surface area contributed by atoms with Crippen molar-refractivity contribution in [3.05, 3.63) is 22.6 Å². The maximum atomic E-state index is 13.0. The second-order valence-electron chi connectivity index (χ2n) is 7.68. The summed E-state index contributed by atoms with van der Waals surface area (Å²) in [5, 5.41) is 11.0. The molecule has 3 aromatic rings. The van der Waals surface area contributed by atoms with E-state index >= 15 is 0 Å². The van der Waals surface area contributed by atoms with Crippen LogP contribution in [0.25, 0.3) is 22.2 Å². The number of hydrogen-bond donors (Lipinski definition) is 2. The van der Waals surface area contributed by atoms with Crippen molar-refractivity contribution >= 4 is 26.6 Å². The molecule has 0 unspecified atom stereocenters. The number of nitrogens with two attached hydrogens (primary N) is 1. The fourth-order valence-corrected chi connectivity index (χ4v) is 4.23. The lowest BCUT2D eigenvalue weighted by atomic mass is 10.0. The molecule has 28 heavy (non-hydrogen) atoms. The first-order valence-corrected chi connectivity index (χ1v) is 10.7. The van der Waals surface area contributed by atoms with Crippen molar-refractivity contribution in [3.63, 3.8) is 0 Å². The van der Waals surface area contributed by atoms with Crippen molar-refractivity contribution in [2.45, 2.75) is 50.9 Å². The average Bonchev–Trinajstić information content (AvgIpc) is 3.18. The normalized spacial score (nSPS) is 13.7. The van der Waals surface area contributed by atoms with E-state index in [4.69, 9.17) is 5.73 Å². The number of H-pyrrole nitrogens is 1. The van der Waals surface area contributed by atoms with Crippen LogP contribution in [0.3, 0.4) is 0 Å². The third-order valence-corrected chi connectivity index (χ3v) is 7.42. The molecule has 0 bridgehead atoms. The number of pyridine rings is 1. The number of aryl methyl sites for hydroxylation is 1. The lowest BCUT2D eigenvalue weighted by Crippen LogP contribution is -2.26. The fraction of sp³-hybridized carbons (Fsp3) is 0.500. The smallest absolute Gasteiger partial charge is 0.264 e. The Balaban J connectivity index is 2.33. The predicted octanol–water partition coefficient (Wildman–Crippen LogP) is 2.11. The molecule has 0 spiro atoms. The Hall–Kier alpha value is -2.62. The zero-order valence-electron chi connectivity index (χ0n) is 16.9. The Morgan fingerprint density at radius 1 is 1.18 bits per heavy atom. The van der Waals surface area contributed by atoms with Gasteiger partial charge in [0.25, 0.3) is 5.56 Å². The molecule has 152 valence electrons. The minimum atomic E-state index is -3.51. The molecule has 0 saturated heterocycles. The molecule has 9 nitrogen and oxygen atoms in total. The van der Waals surface area contributed by atoms with Crippen molar-refractivity contribution in [2.24, 2.45) is 13.0 Å². The molecule has 0 aliphatic rings. The van der Waals surface area contributed by atoms with Crippen molar-refractivity contribution < 1.29 is 8.42 Å². The molecule has 0 fully saturated rings. The summed E-state index contributed by atoms with van der Waals surface area (Å²) in [7, 11) is -1.92. The first kappa shape index (κ1) is 20.1. The zero-order chi connectivity index (χ0) is 21.0. The summed E-state index contributed by atoms with van der Waals surface area (Å²) in [5.41, 5.74) is 7.15. The summed E-state index contributed by atoms with van der Waals surface area (Å²) in [5.74, 6) is 0.314. The topological polar surface area (TPSA) is 129 Å². The van der Waals surface area contributed by atoms with Crippen molar-refractivity contribution in [2.75, 3.05) is 5.73 Å². The van der Waals surface area contributed by atoms with Crippen LogP contribution in [0.2, 0.25) is 0 Å². The Bertz CT molecular complexity index is 1200. The van der Waals surface area contributed by atoms with Crippen LogP contribution in [0.4, 0.5) is 5.82 Å². The van der Waals surface area contributed by atoms with Gasteiger partial charge in [-0.3, -0.25) is 14.6 Å². The van der Waals surface area contributed by atoms with Crippen molar-refractivity contribution in [1.29, 1.82) is 0 Å². The monoisotopic (exact) mass is 406 g/mol. The Kier molecular flexibility index (Phi) is 4.86. The van der Waals surface area contributed by atoms with E-state index in [0.29, 0.717) is 16.8 Å². The highest BCUT2D eigenvalue weighted by Crippen LogP contribution is 2.30. The molecule has 3 rings (SSSR count). The van der Waals surface area contributed by atoms with E-state index < -0.39 is 15.1 Å². The van der Waals surface area contributed by atoms with Gasteiger partial charge in [0, 0.05) is 30.9 Å². The van der Waals surface area contributed by atoms with Gasteiger partial charge < -0.3 is 10.3 Å². The van der Waals surface area contributed by atoms with E-state index in [-0.39, 0.29) is 33.7 Å². The summed E-state index contributed by atoms with van der Waals surface area (Å²) in [6, 6.07) is 1.43. The van der Waals surface area contributed by atoms with Gasteiger partial charge >= 0.3 is 0 Å². The van der Waals surface area contributed by atoms with Crippen LogP contribution < -0.4 is 11.3 Å². The van der Waals surface area contributed by atoms with Crippen LogP contribution in [-0.4, -0.2) is 38.2 Å². The van der Waals surface area contributed by atoms with E-state index in [2.05, 4.69) is 15.3 Å². The number of rotatable bonds is 5. The molecule has 0 aromatic carbocycles. The number of fused-ring (bicyclic) bond motifs is 1. The standard InChI is InChI=1S/C18H26N6O3S/c1-9(2)11(5)24-8-12(16-15(18(24)25)17(19)21-20-16)13-7-14(23(6)22-13)28(26,27)10(3)4/h7-11H,1-6H3,(H3,19,20,21)/t11-/m0/s1. The SMILES string of the molecule is CC(C)[C@H](C)n1cc(-c2cc(S(=O)(=O)C(C)C)n(C)n2)c2[nH]nc(N)c2c1=O. The summed E-state index contributed by atoms with van der Waals surface area (Å²) < 4.78 is 28.2. The minimum absolute atomic E-state index is 0.0903. The second kappa shape index (κ2) is 6.77. The van der Waals surface area contributed by atoms with Gasteiger partial charge in [0.2, 0.25) is 0 Å². The fourth-order valence-electron chi connectivity index (χ4n) is 3.07. The molecule has 0 radical (unpaired) electrons. The van der Waals surface area contributed by atoms with Crippen LogP contribution in [0.1, 0.15) is 40.7 Å². The Morgan fingerprint density at radius 3 is 2.39 bits per heavy atom. The maximum Gasteiger partial charge on any atom is 0.264 e. The number of aromatic amines is 1. The molecule has 3 N–H and O–H groups in total. The summed E-state index contributed by atoms with van der Waals surface area (Å²) in [6.07, 6.45) is 1.70. The average molecular weight is 407 g/mol. The predicted molar refractivity (Wildman–Crippen MR) is 109 cm³/mol. The van der Waals surface area contributed by atoms with E-state index in [9.17, 15) is 13.2 Å². The van der Waals surface area contributed by atoms with Crippen LogP contribution in [0.15, 0.2) is 22.1 Å². The highest BCUT2D eigenvalue weighted by Gasteiger charge is 2.26. The summed E-state index contributed by atoms with van der Waals surface area (Å²) in [6.45, 7) is 9.24. The third-order valence-electron chi connectivity index (χ3n) is 5.21. The number of sulfone groups is 1. The van der Waals surface area contributed by atoms with Crippen molar-refractivity contribution in [1.82, 2.24) is 24.5 Å². The molecule has 1 atom stereocenters. The third kappa shape index (κ3) is 3.01. The van der Waals surface area contributed by atoms with Crippen LogP contribution in [0, 0.1) is 5.92 Å². The molecule has 3 aromatic heterocycles. The molecular formula is C18H26N6O3S. The lowest BCUT2D eigenvalue weighted by Gasteiger charge is -2.20. The summed E-state index contributed by atoms with van der Waals surface area (Å²) >= 11 is 0. The van der Waals surface area contributed by atoms with E-state index in [1.807, 2.05) is 20.8 Å². The second-order valence-corrected chi connectivity index (χ2v) is 10.1. The van der Waals surface area contributed by atoms with Crippen LogP contribution in [0.5, 0.6) is 0 Å². The van der Waals surface area contributed by atoms with Gasteiger partial charge in [0.05, 0.1) is 16.5 Å². The van der Waals surface area contributed by atoms with Gasteiger partial charge in [0.15, 0.2) is 20.7 Å². The van der Waals surface area contributed by atoms with Gasteiger partial charge in [-0.05, 0) is 26.7 Å². The molecule has 0 saturated carbocycles. The van der Waals surface area contributed by atoms with Gasteiger partial charge in [-0.2, -0.15) is 10.2 Å². The van der Waals surface area contributed by atoms with Gasteiger partial charge in [-0.1, -0.05) is 13.8 Å². The first-order chi connectivity index (χ1) is 13.0. The quantitative estimate of drug-likeness (QED) is 0.668. The highest BCUT2D eigenvalue weighted by molar-refractivity contribution is 7.92. The summed E-state index contributed by atoms with van der Waals surface area (Å²) in [4.78, 5) is 13.0. The number of aromatic nitrogens is 5. The first-order valence-electron chi connectivity index (χ1n) is 9.13. The van der Waals surface area contributed by atoms with E-state index in [1.54, 1.807) is 31.7 Å².